The first kappa shape index (κ1) is 50.6. The molecule has 2 saturated heterocycles. The van der Waals surface area contributed by atoms with Crippen LogP contribution in [0.15, 0.2) is 131 Å². The highest BCUT2D eigenvalue weighted by Crippen LogP contribution is 2.44. The minimum atomic E-state index is -4.47. The van der Waals surface area contributed by atoms with Gasteiger partial charge in [0.25, 0.3) is 21.6 Å². The number of anilines is 2. The Morgan fingerprint density at radius 3 is 2.39 bits per heavy atom. The Kier molecular flexibility index (Phi) is 16.4. The molecule has 1 aliphatic carbocycles. The standard InChI is InChI=1S/C54H64ClN9O5S2/c1-54(39-62-28-24-56-25-29-62)22-19-49(40-9-13-44(55)14-10-40)43(35-54)36-61-30-32-63(33-31-61)46-15-11-42(12-16-46)53(65)59-71(68,69)48-17-18-50(52(34-48)64(66)67)58-45(38-70-47-7-3-2-4-8-47)21-27-60-26-20-41-6-5-23-57-51(41)37-60/h2-18,23,34,45,56,58H,19-22,24-33,35-39H2,1H3,(H,59,65)/t45-,54-/m1/s1. The van der Waals surface area contributed by atoms with Crippen molar-refractivity contribution in [2.24, 2.45) is 5.41 Å². The molecular formula is C54H64ClN9O5S2. The number of halogens is 1. The number of fused-ring (bicyclic) bond motifs is 1. The van der Waals surface area contributed by atoms with E-state index in [1.54, 1.807) is 23.9 Å². The molecule has 0 radical (unpaired) electrons. The number of sulfonamides is 1. The van der Waals surface area contributed by atoms with E-state index >= 15 is 0 Å². The zero-order valence-electron chi connectivity index (χ0n) is 40.4. The maximum atomic E-state index is 13.7. The third kappa shape index (κ3) is 13.2. The highest BCUT2D eigenvalue weighted by molar-refractivity contribution is 7.99. The average Bonchev–Trinajstić information content (AvgIpc) is 3.38. The van der Waals surface area contributed by atoms with Crippen molar-refractivity contribution >= 4 is 61.9 Å². The molecule has 0 bridgehead atoms. The van der Waals surface area contributed by atoms with Gasteiger partial charge in [-0.3, -0.25) is 29.7 Å². The number of thioether (sulfide) groups is 1. The van der Waals surface area contributed by atoms with Gasteiger partial charge in [0.1, 0.15) is 5.69 Å². The first-order chi connectivity index (χ1) is 34.4. The molecule has 5 aromatic rings. The van der Waals surface area contributed by atoms with E-state index in [2.05, 4.69) is 65.1 Å². The molecule has 0 saturated carbocycles. The predicted molar refractivity (Wildman–Crippen MR) is 285 cm³/mol. The van der Waals surface area contributed by atoms with Crippen molar-refractivity contribution in [3.05, 3.63) is 158 Å². The Balaban J connectivity index is 0.813. The number of amides is 1. The SMILES string of the molecule is C[C@@]1(CN2CCNCC2)CCC(c2ccc(Cl)cc2)=C(CN2CCN(c3ccc(C(=O)NS(=O)(=O)c4ccc(N[C@H](CCN5CCc6cccnc6C5)CSc5ccccc5)c([N+](=O)[O-])c4)cc3)CC2)C1. The van der Waals surface area contributed by atoms with Crippen molar-refractivity contribution in [2.45, 2.75) is 61.4 Å². The fourth-order valence-corrected chi connectivity index (χ4v) is 12.6. The van der Waals surface area contributed by atoms with E-state index in [4.69, 9.17) is 11.6 Å². The number of allylic oxidation sites excluding steroid dienone is 1. The Morgan fingerprint density at radius 2 is 1.65 bits per heavy atom. The van der Waals surface area contributed by atoms with Crippen LogP contribution in [0.1, 0.15) is 59.8 Å². The number of benzene rings is 4. The summed E-state index contributed by atoms with van der Waals surface area (Å²) in [5.74, 6) is -0.196. The van der Waals surface area contributed by atoms with Crippen LogP contribution in [0.25, 0.3) is 5.57 Å². The first-order valence-corrected chi connectivity index (χ1v) is 27.6. The number of piperazine rings is 2. The first-order valence-electron chi connectivity index (χ1n) is 24.8. The number of hydrogen-bond acceptors (Lipinski definition) is 13. The molecule has 2 atom stereocenters. The van der Waals surface area contributed by atoms with Gasteiger partial charge in [-0.15, -0.1) is 11.8 Å². The average molecular weight is 1020 g/mol. The lowest BCUT2D eigenvalue weighted by Crippen LogP contribution is -2.49. The lowest BCUT2D eigenvalue weighted by atomic mass is 9.71. The molecule has 1 aromatic heterocycles. The number of rotatable bonds is 18. The molecule has 3 aliphatic heterocycles. The van der Waals surface area contributed by atoms with E-state index in [0.717, 1.165) is 138 Å². The van der Waals surface area contributed by atoms with E-state index in [-0.39, 0.29) is 27.6 Å². The summed E-state index contributed by atoms with van der Waals surface area (Å²) in [6, 6.07) is 32.9. The van der Waals surface area contributed by atoms with Gasteiger partial charge < -0.3 is 20.4 Å². The quantitative estimate of drug-likeness (QED) is 0.0437. The van der Waals surface area contributed by atoms with E-state index in [1.807, 2.05) is 66.9 Å². The molecule has 0 spiro atoms. The Labute approximate surface area is 427 Å². The van der Waals surface area contributed by atoms with E-state index in [1.165, 1.54) is 34.4 Å². The summed E-state index contributed by atoms with van der Waals surface area (Å²) in [7, 11) is -4.47. The van der Waals surface area contributed by atoms with Crippen LogP contribution in [0.3, 0.4) is 0 Å². The van der Waals surface area contributed by atoms with Crippen LogP contribution in [0.5, 0.6) is 0 Å². The number of carbonyl (C=O) groups excluding carboxylic acids is 1. The molecule has 9 rings (SSSR count). The second kappa shape index (κ2) is 23.0. The monoisotopic (exact) mass is 1020 g/mol. The molecule has 2 fully saturated rings. The van der Waals surface area contributed by atoms with Crippen LogP contribution >= 0.6 is 23.4 Å². The maximum Gasteiger partial charge on any atom is 0.293 e. The Morgan fingerprint density at radius 1 is 0.887 bits per heavy atom. The number of hydrogen-bond donors (Lipinski definition) is 3. The minimum Gasteiger partial charge on any atom is -0.376 e. The number of pyridine rings is 1. The van der Waals surface area contributed by atoms with Gasteiger partial charge in [-0.25, -0.2) is 13.1 Å². The summed E-state index contributed by atoms with van der Waals surface area (Å²) in [6.07, 6.45) is 6.69. The van der Waals surface area contributed by atoms with E-state index in [9.17, 15) is 23.3 Å². The van der Waals surface area contributed by atoms with E-state index < -0.39 is 26.5 Å². The Bertz CT molecular complexity index is 2790. The number of nitrogens with zero attached hydrogens (tertiary/aromatic N) is 6. The zero-order chi connectivity index (χ0) is 49.4. The smallest absolute Gasteiger partial charge is 0.293 e. The van der Waals surface area contributed by atoms with Gasteiger partial charge in [-0.05, 0) is 121 Å². The van der Waals surface area contributed by atoms with Crippen molar-refractivity contribution in [2.75, 3.05) is 94.5 Å². The van der Waals surface area contributed by atoms with Crippen LogP contribution in [0.4, 0.5) is 17.1 Å². The van der Waals surface area contributed by atoms with Gasteiger partial charge >= 0.3 is 0 Å². The molecule has 4 aliphatic rings. The summed E-state index contributed by atoms with van der Waals surface area (Å²) >= 11 is 7.96. The largest absolute Gasteiger partial charge is 0.376 e. The molecule has 3 N–H and O–H groups in total. The number of nitro benzene ring substituents is 1. The van der Waals surface area contributed by atoms with E-state index in [0.29, 0.717) is 12.2 Å². The molecule has 4 aromatic carbocycles. The number of nitrogens with one attached hydrogen (secondary N) is 3. The van der Waals surface area contributed by atoms with Crippen LogP contribution in [-0.2, 0) is 23.0 Å². The van der Waals surface area contributed by atoms with Crippen molar-refractivity contribution in [3.63, 3.8) is 0 Å². The van der Waals surface area contributed by atoms with Gasteiger partial charge in [0.15, 0.2) is 0 Å². The lowest BCUT2D eigenvalue weighted by molar-refractivity contribution is -0.384. The molecule has 17 heteroatoms. The van der Waals surface area contributed by atoms with Crippen molar-refractivity contribution in [1.29, 1.82) is 0 Å². The van der Waals surface area contributed by atoms with Crippen LogP contribution in [-0.4, -0.2) is 129 Å². The zero-order valence-corrected chi connectivity index (χ0v) is 42.8. The minimum absolute atomic E-state index is 0.165. The van der Waals surface area contributed by atoms with Crippen LogP contribution in [0.2, 0.25) is 5.02 Å². The maximum absolute atomic E-state index is 13.7. The number of aromatic nitrogens is 1. The summed E-state index contributed by atoms with van der Waals surface area (Å²) in [5, 5.41) is 20.1. The normalized spacial score (nSPS) is 19.8. The molecule has 0 unspecified atom stereocenters. The third-order valence-electron chi connectivity index (χ3n) is 14.4. The lowest BCUT2D eigenvalue weighted by Gasteiger charge is -2.43. The molecule has 4 heterocycles. The van der Waals surface area contributed by atoms with Gasteiger partial charge in [0, 0.05) is 130 Å². The highest BCUT2D eigenvalue weighted by atomic mass is 35.5. The molecular weight excluding hydrogens is 954 g/mol. The highest BCUT2D eigenvalue weighted by Gasteiger charge is 2.35. The second-order valence-corrected chi connectivity index (χ2v) is 22.9. The van der Waals surface area contributed by atoms with Gasteiger partial charge in [0.05, 0.1) is 15.5 Å². The topological polar surface area (TPSA) is 156 Å². The van der Waals surface area contributed by atoms with Crippen molar-refractivity contribution < 1.29 is 18.1 Å². The fourth-order valence-electron chi connectivity index (χ4n) is 10.5. The van der Waals surface area contributed by atoms with Gasteiger partial charge in [-0.2, -0.15) is 0 Å². The molecule has 71 heavy (non-hydrogen) atoms. The number of carbonyl (C=O) groups is 1. The summed E-state index contributed by atoms with van der Waals surface area (Å²) in [5.41, 5.74) is 7.70. The molecule has 374 valence electrons. The summed E-state index contributed by atoms with van der Waals surface area (Å²) < 4.78 is 29.5. The van der Waals surface area contributed by atoms with Crippen LogP contribution < -0.4 is 20.3 Å². The van der Waals surface area contributed by atoms with Crippen molar-refractivity contribution in [3.8, 4) is 0 Å². The Hall–Kier alpha value is -5.33. The van der Waals surface area contributed by atoms with Crippen molar-refractivity contribution in [1.82, 2.24) is 29.7 Å². The summed E-state index contributed by atoms with van der Waals surface area (Å²) in [6.45, 7) is 14.5. The predicted octanol–water partition coefficient (Wildman–Crippen LogP) is 8.45. The fraction of sp³-hybridized carbons (Fsp3) is 0.407. The van der Waals surface area contributed by atoms with Gasteiger partial charge in [-0.1, -0.05) is 60.5 Å². The van der Waals surface area contributed by atoms with Crippen LogP contribution in [0, 0.1) is 15.5 Å². The van der Waals surface area contributed by atoms with Gasteiger partial charge in [0.2, 0.25) is 0 Å². The number of nitro groups is 1. The third-order valence-corrected chi connectivity index (χ3v) is 17.2. The summed E-state index contributed by atoms with van der Waals surface area (Å²) in [4.78, 5) is 40.5. The molecule has 14 nitrogen and oxygen atoms in total. The second-order valence-electron chi connectivity index (χ2n) is 19.7. The molecule has 1 amide bonds.